The fraction of sp³-hybridized carbons (Fsp3) is 0.333. The van der Waals surface area contributed by atoms with Crippen LogP contribution >= 0.6 is 0 Å². The molecule has 0 spiro atoms. The number of carbonyl (C=O) groups is 2. The third-order valence-electron chi connectivity index (χ3n) is 2.26. The van der Waals surface area contributed by atoms with Crippen molar-refractivity contribution >= 4 is 22.1 Å². The van der Waals surface area contributed by atoms with E-state index in [4.69, 9.17) is 0 Å². The standard InChI is InChI=1S/C12H14O5S/c1-2-17-12(14)7-8-18(15,16)11-5-3-10(9-13)4-6-11/h3-6,9H,2,7-8H2,1H3. The van der Waals surface area contributed by atoms with Crippen LogP contribution in [0.15, 0.2) is 29.2 Å². The van der Waals surface area contributed by atoms with Gasteiger partial charge < -0.3 is 4.74 Å². The molecule has 18 heavy (non-hydrogen) atoms. The number of hydrogen-bond donors (Lipinski definition) is 0. The number of rotatable bonds is 6. The smallest absolute Gasteiger partial charge is 0.306 e. The van der Waals surface area contributed by atoms with Crippen molar-refractivity contribution in [3.8, 4) is 0 Å². The Kier molecular flexibility index (Phi) is 5.03. The molecule has 1 aromatic carbocycles. The molecule has 0 saturated heterocycles. The minimum Gasteiger partial charge on any atom is -0.466 e. The molecule has 1 aromatic rings. The molecule has 0 heterocycles. The van der Waals surface area contributed by atoms with Gasteiger partial charge in [0.1, 0.15) is 6.29 Å². The largest absolute Gasteiger partial charge is 0.466 e. The Morgan fingerprint density at radius 1 is 1.28 bits per heavy atom. The van der Waals surface area contributed by atoms with Crippen LogP contribution in [-0.2, 0) is 19.4 Å². The second-order valence-electron chi connectivity index (χ2n) is 3.56. The summed E-state index contributed by atoms with van der Waals surface area (Å²) in [7, 11) is -3.52. The molecule has 0 atom stereocenters. The Morgan fingerprint density at radius 3 is 2.39 bits per heavy atom. The average Bonchev–Trinajstić information content (AvgIpc) is 2.37. The van der Waals surface area contributed by atoms with Gasteiger partial charge in [0.15, 0.2) is 9.84 Å². The van der Waals surface area contributed by atoms with Crippen molar-refractivity contribution in [2.24, 2.45) is 0 Å². The van der Waals surface area contributed by atoms with Crippen LogP contribution in [0.5, 0.6) is 0 Å². The van der Waals surface area contributed by atoms with E-state index >= 15 is 0 Å². The third-order valence-corrected chi connectivity index (χ3v) is 3.99. The van der Waals surface area contributed by atoms with Crippen molar-refractivity contribution < 1.29 is 22.7 Å². The van der Waals surface area contributed by atoms with Crippen molar-refractivity contribution in [3.05, 3.63) is 29.8 Å². The molecular formula is C12H14O5S. The van der Waals surface area contributed by atoms with Gasteiger partial charge in [-0.3, -0.25) is 9.59 Å². The molecule has 0 fully saturated rings. The quantitative estimate of drug-likeness (QED) is 0.574. The van der Waals surface area contributed by atoms with Gasteiger partial charge in [0.25, 0.3) is 0 Å². The van der Waals surface area contributed by atoms with Gasteiger partial charge >= 0.3 is 5.97 Å². The van der Waals surface area contributed by atoms with E-state index in [1.165, 1.54) is 24.3 Å². The summed E-state index contributed by atoms with van der Waals surface area (Å²) in [5.74, 6) is -0.836. The molecule has 6 heteroatoms. The van der Waals surface area contributed by atoms with Gasteiger partial charge in [0.2, 0.25) is 0 Å². The zero-order chi connectivity index (χ0) is 13.6. The maximum absolute atomic E-state index is 11.8. The van der Waals surface area contributed by atoms with Gasteiger partial charge in [-0.25, -0.2) is 8.42 Å². The lowest BCUT2D eigenvalue weighted by molar-refractivity contribution is -0.142. The normalized spacial score (nSPS) is 10.9. The predicted molar refractivity (Wildman–Crippen MR) is 65.1 cm³/mol. The highest BCUT2D eigenvalue weighted by Gasteiger charge is 2.16. The Balaban J connectivity index is 2.73. The summed E-state index contributed by atoms with van der Waals surface area (Å²) < 4.78 is 28.3. The average molecular weight is 270 g/mol. The van der Waals surface area contributed by atoms with E-state index in [2.05, 4.69) is 4.74 Å². The number of carbonyl (C=O) groups excluding carboxylic acids is 2. The molecule has 0 N–H and O–H groups in total. The third kappa shape index (κ3) is 3.96. The summed E-state index contributed by atoms with van der Waals surface area (Å²) in [5, 5.41) is 0. The van der Waals surface area contributed by atoms with Gasteiger partial charge in [-0.2, -0.15) is 0 Å². The lowest BCUT2D eigenvalue weighted by atomic mass is 10.2. The lowest BCUT2D eigenvalue weighted by Crippen LogP contribution is -2.13. The van der Waals surface area contributed by atoms with Gasteiger partial charge in [-0.1, -0.05) is 12.1 Å². The van der Waals surface area contributed by atoms with Gasteiger partial charge in [0.05, 0.1) is 23.7 Å². The fourth-order valence-corrected chi connectivity index (χ4v) is 2.54. The van der Waals surface area contributed by atoms with Gasteiger partial charge in [0, 0.05) is 5.56 Å². The molecule has 0 aliphatic heterocycles. The molecule has 0 saturated carbocycles. The first-order chi connectivity index (χ1) is 8.49. The van der Waals surface area contributed by atoms with E-state index in [0.29, 0.717) is 11.8 Å². The molecule has 5 nitrogen and oxygen atoms in total. The Bertz CT molecular complexity index is 516. The van der Waals surface area contributed by atoms with Crippen molar-refractivity contribution in [1.29, 1.82) is 0 Å². The summed E-state index contributed by atoms with van der Waals surface area (Å²) in [6, 6.07) is 5.54. The first-order valence-corrected chi connectivity index (χ1v) is 7.08. The fourth-order valence-electron chi connectivity index (χ4n) is 1.32. The van der Waals surface area contributed by atoms with Crippen molar-refractivity contribution in [1.82, 2.24) is 0 Å². The molecule has 0 aliphatic carbocycles. The zero-order valence-corrected chi connectivity index (χ0v) is 10.8. The summed E-state index contributed by atoms with van der Waals surface area (Å²) in [5.41, 5.74) is 0.402. The Labute approximate surface area is 106 Å². The number of esters is 1. The summed E-state index contributed by atoms with van der Waals surface area (Å²) in [6.45, 7) is 1.89. The van der Waals surface area contributed by atoms with Crippen LogP contribution in [0.25, 0.3) is 0 Å². The highest BCUT2D eigenvalue weighted by atomic mass is 32.2. The topological polar surface area (TPSA) is 77.5 Å². The number of aldehydes is 1. The van der Waals surface area contributed by atoms with E-state index in [9.17, 15) is 18.0 Å². The summed E-state index contributed by atoms with van der Waals surface area (Å²) >= 11 is 0. The molecule has 0 radical (unpaired) electrons. The van der Waals surface area contributed by atoms with E-state index in [-0.39, 0.29) is 23.7 Å². The van der Waals surface area contributed by atoms with Crippen molar-refractivity contribution in [3.63, 3.8) is 0 Å². The van der Waals surface area contributed by atoms with Crippen LogP contribution in [0, 0.1) is 0 Å². The molecule has 0 bridgehead atoms. The minimum atomic E-state index is -3.52. The van der Waals surface area contributed by atoms with Crippen LogP contribution in [0.4, 0.5) is 0 Å². The molecule has 0 unspecified atom stereocenters. The lowest BCUT2D eigenvalue weighted by Gasteiger charge is -2.04. The molecule has 0 amide bonds. The predicted octanol–water partition coefficient (Wildman–Crippen LogP) is 1.23. The SMILES string of the molecule is CCOC(=O)CCS(=O)(=O)c1ccc(C=O)cc1. The van der Waals surface area contributed by atoms with Gasteiger partial charge in [-0.05, 0) is 19.1 Å². The van der Waals surface area contributed by atoms with Crippen LogP contribution in [0.1, 0.15) is 23.7 Å². The zero-order valence-electron chi connectivity index (χ0n) is 9.96. The van der Waals surface area contributed by atoms with Crippen LogP contribution < -0.4 is 0 Å². The highest BCUT2D eigenvalue weighted by molar-refractivity contribution is 7.91. The monoisotopic (exact) mass is 270 g/mol. The maximum Gasteiger partial charge on any atom is 0.306 e. The first kappa shape index (κ1) is 14.4. The summed E-state index contributed by atoms with van der Waals surface area (Å²) in [6.07, 6.45) is 0.459. The van der Waals surface area contributed by atoms with E-state index in [0.717, 1.165) is 0 Å². The molecule has 98 valence electrons. The minimum absolute atomic E-state index is 0.0948. The second kappa shape index (κ2) is 6.30. The van der Waals surface area contributed by atoms with Crippen LogP contribution in [-0.4, -0.2) is 33.0 Å². The second-order valence-corrected chi connectivity index (χ2v) is 5.67. The van der Waals surface area contributed by atoms with E-state index in [1.54, 1.807) is 6.92 Å². The van der Waals surface area contributed by atoms with Crippen LogP contribution in [0.3, 0.4) is 0 Å². The van der Waals surface area contributed by atoms with Crippen LogP contribution in [0.2, 0.25) is 0 Å². The molecular weight excluding hydrogens is 256 g/mol. The first-order valence-electron chi connectivity index (χ1n) is 5.43. The maximum atomic E-state index is 11.8. The van der Waals surface area contributed by atoms with E-state index in [1.807, 2.05) is 0 Å². The van der Waals surface area contributed by atoms with Crippen molar-refractivity contribution in [2.75, 3.05) is 12.4 Å². The number of hydrogen-bond acceptors (Lipinski definition) is 5. The van der Waals surface area contributed by atoms with Gasteiger partial charge in [-0.15, -0.1) is 0 Å². The number of ether oxygens (including phenoxy) is 1. The summed E-state index contributed by atoms with van der Waals surface area (Å²) in [4.78, 5) is 21.6. The van der Waals surface area contributed by atoms with Crippen molar-refractivity contribution in [2.45, 2.75) is 18.2 Å². The molecule has 1 rings (SSSR count). The number of sulfone groups is 1. The molecule has 0 aliphatic rings. The Hall–Kier alpha value is -1.69. The van der Waals surface area contributed by atoms with E-state index < -0.39 is 15.8 Å². The Morgan fingerprint density at radius 2 is 1.89 bits per heavy atom. The number of benzene rings is 1. The highest BCUT2D eigenvalue weighted by Crippen LogP contribution is 2.13. The molecule has 0 aromatic heterocycles.